The van der Waals surface area contributed by atoms with Gasteiger partial charge < -0.3 is 5.32 Å². The number of hydrogen-bond acceptors (Lipinski definition) is 4. The van der Waals surface area contributed by atoms with Crippen LogP contribution in [0.2, 0.25) is 0 Å². The van der Waals surface area contributed by atoms with Crippen molar-refractivity contribution in [1.29, 1.82) is 0 Å². The monoisotopic (exact) mass is 292 g/mol. The first-order valence-corrected chi connectivity index (χ1v) is 7.08. The van der Waals surface area contributed by atoms with Crippen molar-refractivity contribution in [3.8, 4) is 10.6 Å². The molecule has 0 aliphatic rings. The SMILES string of the molecule is CCNCc1sc(-c2ccsc2)nc1C(F)(F)F. The van der Waals surface area contributed by atoms with Gasteiger partial charge in [-0.1, -0.05) is 6.92 Å². The summed E-state index contributed by atoms with van der Waals surface area (Å²) in [6.45, 7) is 2.68. The van der Waals surface area contributed by atoms with Gasteiger partial charge in [-0.3, -0.25) is 0 Å². The lowest BCUT2D eigenvalue weighted by molar-refractivity contribution is -0.141. The Morgan fingerprint density at radius 1 is 1.39 bits per heavy atom. The van der Waals surface area contributed by atoms with Gasteiger partial charge in [0.05, 0.1) is 4.88 Å². The molecule has 0 spiro atoms. The number of hydrogen-bond donors (Lipinski definition) is 1. The van der Waals surface area contributed by atoms with Crippen molar-refractivity contribution >= 4 is 22.7 Å². The van der Waals surface area contributed by atoms with E-state index in [1.807, 2.05) is 12.3 Å². The molecule has 98 valence electrons. The second-order valence-corrected chi connectivity index (χ2v) is 5.44. The summed E-state index contributed by atoms with van der Waals surface area (Å²) < 4.78 is 38.5. The molecule has 0 aromatic carbocycles. The van der Waals surface area contributed by atoms with Crippen molar-refractivity contribution in [1.82, 2.24) is 10.3 Å². The van der Waals surface area contributed by atoms with Crippen LogP contribution in [0.5, 0.6) is 0 Å². The minimum absolute atomic E-state index is 0.202. The topological polar surface area (TPSA) is 24.9 Å². The number of thiazole rings is 1. The Hall–Kier alpha value is -0.920. The molecule has 2 heterocycles. The fourth-order valence-electron chi connectivity index (χ4n) is 1.44. The second-order valence-electron chi connectivity index (χ2n) is 3.58. The maximum absolute atomic E-state index is 12.8. The van der Waals surface area contributed by atoms with Crippen LogP contribution >= 0.6 is 22.7 Å². The number of thiophene rings is 1. The minimum Gasteiger partial charge on any atom is -0.312 e. The number of rotatable bonds is 4. The fourth-order valence-corrected chi connectivity index (χ4v) is 3.20. The van der Waals surface area contributed by atoms with Gasteiger partial charge in [-0.25, -0.2) is 4.98 Å². The summed E-state index contributed by atoms with van der Waals surface area (Å²) in [7, 11) is 0. The lowest BCUT2D eigenvalue weighted by Gasteiger charge is -2.05. The van der Waals surface area contributed by atoms with Gasteiger partial charge in [0.15, 0.2) is 5.69 Å². The molecule has 0 saturated carbocycles. The van der Waals surface area contributed by atoms with Gasteiger partial charge in [0.25, 0.3) is 0 Å². The zero-order valence-corrected chi connectivity index (χ0v) is 11.2. The van der Waals surface area contributed by atoms with E-state index in [4.69, 9.17) is 0 Å². The molecule has 0 atom stereocenters. The van der Waals surface area contributed by atoms with E-state index < -0.39 is 11.9 Å². The summed E-state index contributed by atoms with van der Waals surface area (Å²) in [5.74, 6) is 0. The highest BCUT2D eigenvalue weighted by atomic mass is 32.1. The molecule has 2 rings (SSSR count). The molecule has 2 nitrogen and oxygen atoms in total. The lowest BCUT2D eigenvalue weighted by atomic mass is 10.3. The van der Waals surface area contributed by atoms with Crippen molar-refractivity contribution in [2.75, 3.05) is 6.54 Å². The summed E-state index contributed by atoms with van der Waals surface area (Å²) >= 11 is 2.54. The molecule has 0 fully saturated rings. The van der Waals surface area contributed by atoms with E-state index in [1.54, 1.807) is 11.4 Å². The van der Waals surface area contributed by atoms with Crippen molar-refractivity contribution in [2.45, 2.75) is 19.6 Å². The maximum Gasteiger partial charge on any atom is 0.434 e. The minimum atomic E-state index is -4.39. The zero-order chi connectivity index (χ0) is 13.2. The van der Waals surface area contributed by atoms with Gasteiger partial charge in [-0.05, 0) is 18.0 Å². The quantitative estimate of drug-likeness (QED) is 0.921. The van der Waals surface area contributed by atoms with Gasteiger partial charge in [0.1, 0.15) is 5.01 Å². The Morgan fingerprint density at radius 3 is 2.72 bits per heavy atom. The highest BCUT2D eigenvalue weighted by Gasteiger charge is 2.37. The molecule has 7 heteroatoms. The summed E-state index contributed by atoms with van der Waals surface area (Å²) in [5, 5.41) is 6.96. The number of nitrogens with one attached hydrogen (secondary N) is 1. The molecule has 1 N–H and O–H groups in total. The van der Waals surface area contributed by atoms with E-state index in [9.17, 15) is 13.2 Å². The molecule has 0 aliphatic carbocycles. The Balaban J connectivity index is 2.38. The van der Waals surface area contributed by atoms with Crippen LogP contribution in [-0.4, -0.2) is 11.5 Å². The first kappa shape index (κ1) is 13.5. The lowest BCUT2D eigenvalue weighted by Crippen LogP contribution is -2.15. The van der Waals surface area contributed by atoms with Gasteiger partial charge >= 0.3 is 6.18 Å². The maximum atomic E-state index is 12.8. The fraction of sp³-hybridized carbons (Fsp3) is 0.364. The summed E-state index contributed by atoms with van der Waals surface area (Å²) in [4.78, 5) is 3.98. The van der Waals surface area contributed by atoms with Crippen LogP contribution in [-0.2, 0) is 12.7 Å². The average molecular weight is 292 g/mol. The molecular weight excluding hydrogens is 281 g/mol. The highest BCUT2D eigenvalue weighted by Crippen LogP contribution is 2.38. The molecule has 2 aromatic rings. The largest absolute Gasteiger partial charge is 0.434 e. The van der Waals surface area contributed by atoms with E-state index in [0.29, 0.717) is 11.6 Å². The second kappa shape index (κ2) is 5.38. The van der Waals surface area contributed by atoms with Crippen molar-refractivity contribution in [3.05, 3.63) is 27.4 Å². The van der Waals surface area contributed by atoms with E-state index in [2.05, 4.69) is 10.3 Å². The number of nitrogens with zero attached hydrogens (tertiary/aromatic N) is 1. The third kappa shape index (κ3) is 2.90. The molecule has 0 unspecified atom stereocenters. The van der Waals surface area contributed by atoms with Crippen molar-refractivity contribution in [3.63, 3.8) is 0 Å². The van der Waals surface area contributed by atoms with Crippen molar-refractivity contribution < 1.29 is 13.2 Å². The average Bonchev–Trinajstić information content (AvgIpc) is 2.93. The first-order valence-electron chi connectivity index (χ1n) is 5.32. The van der Waals surface area contributed by atoms with Crippen LogP contribution < -0.4 is 5.32 Å². The summed E-state index contributed by atoms with van der Waals surface area (Å²) in [6, 6.07) is 1.78. The Morgan fingerprint density at radius 2 is 2.17 bits per heavy atom. The van der Waals surface area contributed by atoms with Gasteiger partial charge in [-0.15, -0.1) is 11.3 Å². The normalized spacial score (nSPS) is 12.0. The summed E-state index contributed by atoms with van der Waals surface area (Å²) in [6.07, 6.45) is -4.39. The van der Waals surface area contributed by atoms with Crippen LogP contribution in [0.15, 0.2) is 16.8 Å². The first-order chi connectivity index (χ1) is 8.52. The molecule has 18 heavy (non-hydrogen) atoms. The Labute approximate surface area is 110 Å². The predicted octanol–water partition coefficient (Wildman–Crippen LogP) is 4.00. The molecule has 0 aliphatic heterocycles. The van der Waals surface area contributed by atoms with Crippen molar-refractivity contribution in [2.24, 2.45) is 0 Å². The zero-order valence-electron chi connectivity index (χ0n) is 9.54. The summed E-state index contributed by atoms with van der Waals surface area (Å²) in [5.41, 5.74) is -0.0205. The highest BCUT2D eigenvalue weighted by molar-refractivity contribution is 7.15. The van der Waals surface area contributed by atoms with E-state index in [1.165, 1.54) is 11.3 Å². The number of halogens is 3. The third-order valence-electron chi connectivity index (χ3n) is 2.27. The van der Waals surface area contributed by atoms with E-state index >= 15 is 0 Å². The van der Waals surface area contributed by atoms with Crippen LogP contribution in [0.4, 0.5) is 13.2 Å². The molecular formula is C11H11F3N2S2. The van der Waals surface area contributed by atoms with E-state index in [0.717, 1.165) is 16.9 Å². The van der Waals surface area contributed by atoms with Crippen LogP contribution in [0, 0.1) is 0 Å². The smallest absolute Gasteiger partial charge is 0.312 e. The van der Waals surface area contributed by atoms with Gasteiger partial charge in [0.2, 0.25) is 0 Å². The predicted molar refractivity (Wildman–Crippen MR) is 67.8 cm³/mol. The molecule has 0 saturated heterocycles. The van der Waals surface area contributed by atoms with Crippen LogP contribution in [0.1, 0.15) is 17.5 Å². The molecule has 0 bridgehead atoms. The number of alkyl halides is 3. The molecule has 2 aromatic heterocycles. The van der Waals surface area contributed by atoms with E-state index in [-0.39, 0.29) is 11.4 Å². The van der Waals surface area contributed by atoms with Crippen LogP contribution in [0.3, 0.4) is 0 Å². The molecule has 0 amide bonds. The number of aromatic nitrogens is 1. The third-order valence-corrected chi connectivity index (χ3v) is 4.06. The Bertz CT molecular complexity index is 503. The van der Waals surface area contributed by atoms with Gasteiger partial charge in [-0.2, -0.15) is 24.5 Å². The Kier molecular flexibility index (Phi) is 4.04. The standard InChI is InChI=1S/C11H11F3N2S2/c1-2-15-5-8-9(11(12,13)14)16-10(18-8)7-3-4-17-6-7/h3-4,6,15H,2,5H2,1H3. The van der Waals surface area contributed by atoms with Gasteiger partial charge in [0, 0.05) is 17.5 Å². The van der Waals surface area contributed by atoms with Crippen LogP contribution in [0.25, 0.3) is 10.6 Å². The molecule has 0 radical (unpaired) electrons.